The summed E-state index contributed by atoms with van der Waals surface area (Å²) in [5.74, 6) is -0.152. The normalized spacial score (nSPS) is 16.1. The Morgan fingerprint density at radius 3 is 2.80 bits per heavy atom. The molecule has 6 nitrogen and oxygen atoms in total. The van der Waals surface area contributed by atoms with E-state index >= 15 is 0 Å². The molecule has 3 aromatic heterocycles. The molecule has 1 fully saturated rings. The summed E-state index contributed by atoms with van der Waals surface area (Å²) in [6.45, 7) is 0. The number of Topliss-reactive ketones (excluding diaryl/α,β-unsaturated/α-hetero) is 1. The van der Waals surface area contributed by atoms with Gasteiger partial charge in [0, 0.05) is 5.69 Å². The number of halogens is 1. The minimum Gasteiger partial charge on any atom is -0.297 e. The van der Waals surface area contributed by atoms with E-state index in [1.54, 1.807) is 0 Å². The summed E-state index contributed by atoms with van der Waals surface area (Å²) >= 11 is 2.85. The van der Waals surface area contributed by atoms with Gasteiger partial charge in [0.1, 0.15) is 5.82 Å². The van der Waals surface area contributed by atoms with Gasteiger partial charge in [-0.2, -0.15) is 0 Å². The molecule has 30 heavy (non-hydrogen) atoms. The van der Waals surface area contributed by atoms with E-state index in [-0.39, 0.29) is 17.8 Å². The van der Waals surface area contributed by atoms with E-state index in [9.17, 15) is 14.0 Å². The molecule has 0 saturated heterocycles. The van der Waals surface area contributed by atoms with E-state index < -0.39 is 11.9 Å². The van der Waals surface area contributed by atoms with Crippen molar-refractivity contribution in [3.8, 4) is 0 Å². The number of thiazole rings is 1. The molecule has 9 heteroatoms. The Balaban J connectivity index is 1.68. The molecule has 3 aromatic rings. The first-order chi connectivity index (χ1) is 14.5. The quantitative estimate of drug-likeness (QED) is 0.500. The topological polar surface area (TPSA) is 77.7 Å². The molecule has 1 saturated carbocycles. The second-order valence-electron chi connectivity index (χ2n) is 7.66. The summed E-state index contributed by atoms with van der Waals surface area (Å²) in [4.78, 5) is 39.9. The van der Waals surface area contributed by atoms with Crippen molar-refractivity contribution in [3.63, 3.8) is 0 Å². The number of rotatable bonds is 7. The van der Waals surface area contributed by atoms with Crippen molar-refractivity contribution in [3.05, 3.63) is 46.5 Å². The highest BCUT2D eigenvalue weighted by Crippen LogP contribution is 2.32. The molecule has 0 radical (unpaired) electrons. The first-order valence-electron chi connectivity index (χ1n) is 10.1. The summed E-state index contributed by atoms with van der Waals surface area (Å²) in [6, 6.07) is 2.19. The maximum atomic E-state index is 13.3. The van der Waals surface area contributed by atoms with Gasteiger partial charge >= 0.3 is 0 Å². The van der Waals surface area contributed by atoms with Gasteiger partial charge < -0.3 is 0 Å². The van der Waals surface area contributed by atoms with Crippen LogP contribution >= 0.6 is 23.1 Å². The van der Waals surface area contributed by atoms with Gasteiger partial charge in [-0.05, 0) is 30.7 Å². The molecule has 0 amide bonds. The number of aromatic nitrogens is 4. The van der Waals surface area contributed by atoms with Gasteiger partial charge in [-0.1, -0.05) is 55.2 Å². The molecule has 0 aliphatic heterocycles. The zero-order valence-corrected chi connectivity index (χ0v) is 18.3. The maximum Gasteiger partial charge on any atom is 0.281 e. The third-order valence-electron chi connectivity index (χ3n) is 5.63. The number of fused-ring (bicyclic) bond motifs is 1. The summed E-state index contributed by atoms with van der Waals surface area (Å²) in [6.07, 6.45) is 10.8. The minimum atomic E-state index is -0.621. The molecule has 1 atom stereocenters. The lowest BCUT2D eigenvalue weighted by Gasteiger charge is -2.26. The van der Waals surface area contributed by atoms with Crippen molar-refractivity contribution in [2.75, 3.05) is 6.26 Å². The van der Waals surface area contributed by atoms with Crippen molar-refractivity contribution in [1.29, 1.82) is 0 Å². The number of carbonyl (C=O) groups excluding carboxylic acids is 1. The number of ketones is 1. The predicted octanol–water partition coefficient (Wildman–Crippen LogP) is 4.43. The minimum absolute atomic E-state index is 0.0509. The Morgan fingerprint density at radius 2 is 2.10 bits per heavy atom. The Kier molecular flexibility index (Phi) is 6.58. The number of carbonyl (C=O) groups is 1. The van der Waals surface area contributed by atoms with Crippen LogP contribution in [0, 0.1) is 11.7 Å². The third-order valence-corrected chi connectivity index (χ3v) is 7.58. The van der Waals surface area contributed by atoms with Gasteiger partial charge in [0.25, 0.3) is 5.56 Å². The molecule has 1 aliphatic rings. The average molecular weight is 447 g/mol. The van der Waals surface area contributed by atoms with Crippen LogP contribution in [-0.2, 0) is 11.2 Å². The zero-order chi connectivity index (χ0) is 21.1. The lowest BCUT2D eigenvalue weighted by Crippen LogP contribution is -2.33. The second kappa shape index (κ2) is 9.34. The molecule has 3 heterocycles. The van der Waals surface area contributed by atoms with Crippen LogP contribution in [-0.4, -0.2) is 31.6 Å². The van der Waals surface area contributed by atoms with Crippen molar-refractivity contribution in [2.24, 2.45) is 5.92 Å². The molecule has 1 aliphatic carbocycles. The summed E-state index contributed by atoms with van der Waals surface area (Å²) in [5.41, 5.74) is 0.529. The fourth-order valence-corrected chi connectivity index (χ4v) is 5.45. The van der Waals surface area contributed by atoms with Crippen LogP contribution in [0.25, 0.3) is 10.3 Å². The van der Waals surface area contributed by atoms with Crippen LogP contribution < -0.4 is 5.56 Å². The van der Waals surface area contributed by atoms with E-state index in [1.807, 2.05) is 6.26 Å². The van der Waals surface area contributed by atoms with Crippen molar-refractivity contribution in [2.45, 2.75) is 55.3 Å². The van der Waals surface area contributed by atoms with E-state index in [0.29, 0.717) is 28.4 Å². The number of thioether (sulfide) groups is 1. The lowest BCUT2D eigenvalue weighted by molar-refractivity contribution is -0.122. The predicted molar refractivity (Wildman–Crippen MR) is 117 cm³/mol. The van der Waals surface area contributed by atoms with Crippen molar-refractivity contribution < 1.29 is 9.18 Å². The summed E-state index contributed by atoms with van der Waals surface area (Å²) in [7, 11) is 0. The zero-order valence-electron chi connectivity index (χ0n) is 16.7. The smallest absolute Gasteiger partial charge is 0.281 e. The van der Waals surface area contributed by atoms with Crippen LogP contribution in [0.2, 0.25) is 0 Å². The SMILES string of the molecule is CSc1nc2c(=O)n(C(CC3CCCCC3)C(=O)Cc3ccc(F)cn3)cnc2s1. The van der Waals surface area contributed by atoms with E-state index in [4.69, 9.17) is 0 Å². The lowest BCUT2D eigenvalue weighted by atomic mass is 9.83. The van der Waals surface area contributed by atoms with Crippen LogP contribution in [0.3, 0.4) is 0 Å². The molecule has 0 spiro atoms. The molecule has 1 unspecified atom stereocenters. The van der Waals surface area contributed by atoms with Gasteiger partial charge in [0.15, 0.2) is 20.5 Å². The molecule has 158 valence electrons. The molecule has 0 N–H and O–H groups in total. The summed E-state index contributed by atoms with van der Waals surface area (Å²) in [5, 5.41) is 0. The van der Waals surface area contributed by atoms with Gasteiger partial charge in [-0.3, -0.25) is 19.1 Å². The number of hydrogen-bond acceptors (Lipinski definition) is 7. The monoisotopic (exact) mass is 446 g/mol. The van der Waals surface area contributed by atoms with Crippen LogP contribution in [0.15, 0.2) is 33.8 Å². The third kappa shape index (κ3) is 4.62. The standard InChI is InChI=1S/C21H23FN4O2S2/c1-29-21-25-18-19(30-21)24-12-26(20(18)28)16(9-13-5-3-2-4-6-13)17(27)10-15-8-7-14(22)11-23-15/h7-8,11-13,16H,2-6,9-10H2,1H3. The number of hydrogen-bond donors (Lipinski definition) is 0. The van der Waals surface area contributed by atoms with Gasteiger partial charge in [0.2, 0.25) is 0 Å². The maximum absolute atomic E-state index is 13.3. The highest BCUT2D eigenvalue weighted by atomic mass is 32.2. The molecule has 4 rings (SSSR count). The molecule has 0 aromatic carbocycles. The van der Waals surface area contributed by atoms with Gasteiger partial charge in [-0.25, -0.2) is 14.4 Å². The Hall–Kier alpha value is -2.13. The number of nitrogens with zero attached hydrogens (tertiary/aromatic N) is 4. The highest BCUT2D eigenvalue weighted by molar-refractivity contribution is 8.00. The number of pyridine rings is 1. The van der Waals surface area contributed by atoms with Crippen LogP contribution in [0.5, 0.6) is 0 Å². The fraction of sp³-hybridized carbons (Fsp3) is 0.476. The van der Waals surface area contributed by atoms with E-state index in [2.05, 4.69) is 15.0 Å². The highest BCUT2D eigenvalue weighted by Gasteiger charge is 2.28. The molecular formula is C21H23FN4O2S2. The average Bonchev–Trinajstić information content (AvgIpc) is 3.19. The molecule has 0 bridgehead atoms. The van der Waals surface area contributed by atoms with Crippen molar-refractivity contribution in [1.82, 2.24) is 19.5 Å². The van der Waals surface area contributed by atoms with Gasteiger partial charge in [-0.15, -0.1) is 0 Å². The van der Waals surface area contributed by atoms with Crippen LogP contribution in [0.4, 0.5) is 4.39 Å². The summed E-state index contributed by atoms with van der Waals surface area (Å²) < 4.78 is 15.4. The van der Waals surface area contributed by atoms with Crippen molar-refractivity contribution >= 4 is 39.2 Å². The molecular weight excluding hydrogens is 423 g/mol. The first-order valence-corrected chi connectivity index (χ1v) is 12.1. The van der Waals surface area contributed by atoms with Crippen LogP contribution in [0.1, 0.15) is 50.3 Å². The fourth-order valence-electron chi connectivity index (χ4n) is 4.06. The van der Waals surface area contributed by atoms with E-state index in [0.717, 1.165) is 36.2 Å². The van der Waals surface area contributed by atoms with Gasteiger partial charge in [0.05, 0.1) is 25.0 Å². The Bertz CT molecular complexity index is 1090. The Labute approximate surface area is 182 Å². The second-order valence-corrected chi connectivity index (χ2v) is 9.69. The van der Waals surface area contributed by atoms with E-state index in [1.165, 1.54) is 52.5 Å². The Morgan fingerprint density at radius 1 is 1.30 bits per heavy atom. The largest absolute Gasteiger partial charge is 0.297 e. The first kappa shape index (κ1) is 21.1.